The summed E-state index contributed by atoms with van der Waals surface area (Å²) in [6.45, 7) is 8.32. The number of amides is 1. The molecular formula is C15H21N5OS. The molecule has 7 heteroatoms. The Kier molecular flexibility index (Phi) is 5.18. The fraction of sp³-hybridized carbons (Fsp3) is 0.467. The van der Waals surface area contributed by atoms with Crippen molar-refractivity contribution in [1.29, 1.82) is 0 Å². The van der Waals surface area contributed by atoms with Crippen LogP contribution in [0.4, 0.5) is 0 Å². The van der Waals surface area contributed by atoms with Crippen molar-refractivity contribution in [2.45, 2.75) is 50.2 Å². The van der Waals surface area contributed by atoms with Crippen LogP contribution in [0.5, 0.6) is 0 Å². The summed E-state index contributed by atoms with van der Waals surface area (Å²) in [5, 5.41) is 15.1. The molecule has 2 aromatic rings. The molecule has 1 N–H and O–H groups in total. The Bertz CT molecular complexity index is 620. The molecule has 22 heavy (non-hydrogen) atoms. The van der Waals surface area contributed by atoms with Gasteiger partial charge in [-0.15, -0.1) is 5.10 Å². The molecule has 1 atom stereocenters. The average Bonchev–Trinajstić information content (AvgIpc) is 2.85. The van der Waals surface area contributed by atoms with Gasteiger partial charge in [0, 0.05) is 5.54 Å². The minimum absolute atomic E-state index is 0.0215. The molecule has 0 fully saturated rings. The fourth-order valence-electron chi connectivity index (χ4n) is 1.82. The number of nitrogens with one attached hydrogen (secondary N) is 1. The quantitative estimate of drug-likeness (QED) is 0.855. The number of nitrogens with zero attached hydrogens (tertiary/aromatic N) is 4. The van der Waals surface area contributed by atoms with Crippen LogP contribution in [0.15, 0.2) is 35.5 Å². The van der Waals surface area contributed by atoms with E-state index < -0.39 is 0 Å². The van der Waals surface area contributed by atoms with Crippen LogP contribution in [0.25, 0.3) is 0 Å². The van der Waals surface area contributed by atoms with Crippen molar-refractivity contribution in [3.63, 3.8) is 0 Å². The predicted molar refractivity (Wildman–Crippen MR) is 86.6 cm³/mol. The van der Waals surface area contributed by atoms with E-state index in [0.717, 1.165) is 5.56 Å². The maximum atomic E-state index is 12.1. The lowest BCUT2D eigenvalue weighted by Crippen LogP contribution is -2.44. The summed E-state index contributed by atoms with van der Waals surface area (Å²) < 4.78 is 1.71. The first-order chi connectivity index (χ1) is 10.3. The zero-order chi connectivity index (χ0) is 16.2. The average molecular weight is 319 g/mol. The van der Waals surface area contributed by atoms with Crippen LogP contribution < -0.4 is 5.32 Å². The Morgan fingerprint density at radius 1 is 1.32 bits per heavy atom. The first-order valence-electron chi connectivity index (χ1n) is 7.14. The van der Waals surface area contributed by atoms with Crippen molar-refractivity contribution < 1.29 is 4.79 Å². The maximum Gasteiger partial charge on any atom is 0.233 e. The number of hydrogen-bond acceptors (Lipinski definition) is 5. The molecule has 2 rings (SSSR count). The van der Waals surface area contributed by atoms with Gasteiger partial charge in [0.15, 0.2) is 0 Å². The number of thioether (sulfide) groups is 1. The molecule has 0 spiro atoms. The van der Waals surface area contributed by atoms with Gasteiger partial charge in [-0.25, -0.2) is 4.68 Å². The van der Waals surface area contributed by atoms with E-state index in [-0.39, 0.29) is 16.7 Å². The van der Waals surface area contributed by atoms with E-state index in [2.05, 4.69) is 20.8 Å². The normalized spacial score (nSPS) is 12.9. The van der Waals surface area contributed by atoms with Crippen LogP contribution in [0.3, 0.4) is 0 Å². The molecule has 0 saturated carbocycles. The molecule has 0 aliphatic carbocycles. The highest BCUT2D eigenvalue weighted by molar-refractivity contribution is 8.00. The summed E-state index contributed by atoms with van der Waals surface area (Å²) in [6.07, 6.45) is 0. The van der Waals surface area contributed by atoms with Gasteiger partial charge in [0.25, 0.3) is 0 Å². The molecule has 0 aliphatic heterocycles. The zero-order valence-corrected chi connectivity index (χ0v) is 14.1. The van der Waals surface area contributed by atoms with Gasteiger partial charge in [0.05, 0.1) is 11.8 Å². The summed E-state index contributed by atoms with van der Waals surface area (Å²) in [7, 11) is 0. The van der Waals surface area contributed by atoms with E-state index in [0.29, 0.717) is 11.7 Å². The van der Waals surface area contributed by atoms with Crippen LogP contribution in [0, 0.1) is 0 Å². The van der Waals surface area contributed by atoms with E-state index in [1.54, 1.807) is 4.68 Å². The molecule has 1 aromatic carbocycles. The third-order valence-electron chi connectivity index (χ3n) is 2.82. The van der Waals surface area contributed by atoms with E-state index >= 15 is 0 Å². The molecule has 0 aliphatic rings. The van der Waals surface area contributed by atoms with Gasteiger partial charge in [0.1, 0.15) is 0 Å². The third kappa shape index (κ3) is 4.84. The van der Waals surface area contributed by atoms with Gasteiger partial charge < -0.3 is 5.32 Å². The topological polar surface area (TPSA) is 72.7 Å². The largest absolute Gasteiger partial charge is 0.351 e. The Balaban J connectivity index is 2.02. The van der Waals surface area contributed by atoms with Gasteiger partial charge >= 0.3 is 0 Å². The third-order valence-corrected chi connectivity index (χ3v) is 3.89. The molecule has 1 unspecified atom stereocenters. The van der Waals surface area contributed by atoms with Gasteiger partial charge in [-0.1, -0.05) is 42.1 Å². The summed E-state index contributed by atoms with van der Waals surface area (Å²) in [5.74, 6) is -0.0215. The molecule has 0 bridgehead atoms. The Morgan fingerprint density at radius 2 is 2.00 bits per heavy atom. The number of tetrazole rings is 1. The van der Waals surface area contributed by atoms with Crippen molar-refractivity contribution in [2.24, 2.45) is 0 Å². The molecule has 6 nitrogen and oxygen atoms in total. The van der Waals surface area contributed by atoms with Crippen molar-refractivity contribution in [1.82, 2.24) is 25.5 Å². The Morgan fingerprint density at radius 3 is 2.64 bits per heavy atom. The van der Waals surface area contributed by atoms with Gasteiger partial charge in [-0.2, -0.15) is 0 Å². The number of hydrogen-bond donors (Lipinski definition) is 1. The smallest absolute Gasteiger partial charge is 0.233 e. The SMILES string of the molecule is CC(Sc1nnnn1Cc1ccccc1)C(=O)NC(C)(C)C. The van der Waals surface area contributed by atoms with Crippen molar-refractivity contribution >= 4 is 17.7 Å². The van der Waals surface area contributed by atoms with Crippen molar-refractivity contribution in [3.05, 3.63) is 35.9 Å². The standard InChI is InChI=1S/C15H21N5OS/c1-11(13(21)16-15(2,3)4)22-14-17-18-19-20(14)10-12-8-6-5-7-9-12/h5-9,11H,10H2,1-4H3,(H,16,21). The summed E-state index contributed by atoms with van der Waals surface area (Å²) in [6, 6.07) is 9.97. The highest BCUT2D eigenvalue weighted by Crippen LogP contribution is 2.21. The van der Waals surface area contributed by atoms with Crippen LogP contribution >= 0.6 is 11.8 Å². The van der Waals surface area contributed by atoms with Crippen LogP contribution in [0.2, 0.25) is 0 Å². The zero-order valence-electron chi connectivity index (χ0n) is 13.3. The molecule has 0 radical (unpaired) electrons. The monoisotopic (exact) mass is 319 g/mol. The molecular weight excluding hydrogens is 298 g/mol. The maximum absolute atomic E-state index is 12.1. The lowest BCUT2D eigenvalue weighted by molar-refractivity contribution is -0.121. The highest BCUT2D eigenvalue weighted by Gasteiger charge is 2.22. The lowest BCUT2D eigenvalue weighted by Gasteiger charge is -2.22. The first-order valence-corrected chi connectivity index (χ1v) is 8.02. The summed E-state index contributed by atoms with van der Waals surface area (Å²) in [4.78, 5) is 12.1. The molecule has 118 valence electrons. The second-order valence-corrected chi connectivity index (χ2v) is 7.41. The van der Waals surface area contributed by atoms with E-state index in [4.69, 9.17) is 0 Å². The highest BCUT2D eigenvalue weighted by atomic mass is 32.2. The van der Waals surface area contributed by atoms with Gasteiger partial charge in [0.2, 0.25) is 11.1 Å². The number of benzene rings is 1. The first kappa shape index (κ1) is 16.5. The van der Waals surface area contributed by atoms with Crippen LogP contribution in [0.1, 0.15) is 33.3 Å². The predicted octanol–water partition coefficient (Wildman–Crippen LogP) is 2.12. The Hall–Kier alpha value is -1.89. The number of carbonyl (C=O) groups is 1. The Labute approximate surface area is 134 Å². The summed E-state index contributed by atoms with van der Waals surface area (Å²) >= 11 is 1.36. The second-order valence-electron chi connectivity index (χ2n) is 6.10. The fourth-order valence-corrected chi connectivity index (χ4v) is 2.61. The minimum atomic E-state index is -0.264. The molecule has 1 aromatic heterocycles. The number of carbonyl (C=O) groups excluding carboxylic acids is 1. The second kappa shape index (κ2) is 6.91. The number of rotatable bonds is 5. The van der Waals surface area contributed by atoms with E-state index in [1.165, 1.54) is 11.8 Å². The van der Waals surface area contributed by atoms with Crippen molar-refractivity contribution in [2.75, 3.05) is 0 Å². The van der Waals surface area contributed by atoms with Gasteiger partial charge in [-0.05, 0) is 43.7 Å². The van der Waals surface area contributed by atoms with E-state index in [1.807, 2.05) is 58.0 Å². The van der Waals surface area contributed by atoms with Crippen molar-refractivity contribution in [3.8, 4) is 0 Å². The molecule has 1 heterocycles. The lowest BCUT2D eigenvalue weighted by atomic mass is 10.1. The minimum Gasteiger partial charge on any atom is -0.351 e. The summed E-state index contributed by atoms with van der Waals surface area (Å²) in [5.41, 5.74) is 0.866. The van der Waals surface area contributed by atoms with Crippen LogP contribution in [-0.2, 0) is 11.3 Å². The van der Waals surface area contributed by atoms with E-state index in [9.17, 15) is 4.79 Å². The van der Waals surface area contributed by atoms with Crippen LogP contribution in [-0.4, -0.2) is 36.9 Å². The van der Waals surface area contributed by atoms with Gasteiger partial charge in [-0.3, -0.25) is 4.79 Å². The molecule has 0 saturated heterocycles. The number of aromatic nitrogens is 4. The molecule has 1 amide bonds.